The average Bonchev–Trinajstić information content (AvgIpc) is 2.67. The zero-order chi connectivity index (χ0) is 12.3. The molecule has 0 fully saturated rings. The first kappa shape index (κ1) is 12.2. The van der Waals surface area contributed by atoms with Gasteiger partial charge in [0.15, 0.2) is 0 Å². The number of aryl methyl sites for hydroxylation is 3. The topological polar surface area (TPSA) is 28.7 Å². The fourth-order valence-corrected chi connectivity index (χ4v) is 2.16. The van der Waals surface area contributed by atoms with Crippen molar-refractivity contribution in [2.45, 2.75) is 52.9 Å². The summed E-state index contributed by atoms with van der Waals surface area (Å²) in [5.41, 5.74) is 4.94. The molecular weight excluding hydrogens is 208 g/mol. The maximum atomic E-state index is 4.66. The number of aromatic amines is 1. The third kappa shape index (κ3) is 2.87. The Morgan fingerprint density at radius 1 is 1.06 bits per heavy atom. The number of unbranched alkanes of at least 4 members (excludes halogenated alkanes) is 3. The van der Waals surface area contributed by atoms with Gasteiger partial charge in [0.05, 0.1) is 11.0 Å². The van der Waals surface area contributed by atoms with Gasteiger partial charge in [-0.2, -0.15) is 0 Å². The van der Waals surface area contributed by atoms with Crippen molar-refractivity contribution in [3.8, 4) is 0 Å². The molecule has 2 nitrogen and oxygen atoms in total. The summed E-state index contributed by atoms with van der Waals surface area (Å²) in [5, 5.41) is 0. The number of benzene rings is 1. The molecule has 17 heavy (non-hydrogen) atoms. The van der Waals surface area contributed by atoms with Crippen LogP contribution in [0.1, 0.15) is 49.6 Å². The average molecular weight is 230 g/mol. The molecule has 0 spiro atoms. The zero-order valence-corrected chi connectivity index (χ0v) is 11.1. The van der Waals surface area contributed by atoms with E-state index in [0.717, 1.165) is 17.8 Å². The van der Waals surface area contributed by atoms with E-state index in [1.165, 1.54) is 42.3 Å². The number of nitrogens with zero attached hydrogens (tertiary/aromatic N) is 1. The second-order valence-corrected chi connectivity index (χ2v) is 4.95. The Labute approximate surface area is 103 Å². The second kappa shape index (κ2) is 5.35. The quantitative estimate of drug-likeness (QED) is 0.762. The summed E-state index contributed by atoms with van der Waals surface area (Å²) < 4.78 is 0. The smallest absolute Gasteiger partial charge is 0.107 e. The maximum absolute atomic E-state index is 4.66. The lowest BCUT2D eigenvalue weighted by Crippen LogP contribution is -1.87. The van der Waals surface area contributed by atoms with E-state index < -0.39 is 0 Å². The van der Waals surface area contributed by atoms with Gasteiger partial charge in [-0.1, -0.05) is 26.2 Å². The lowest BCUT2D eigenvalue weighted by atomic mass is 10.1. The molecule has 0 aliphatic carbocycles. The molecule has 0 aliphatic heterocycles. The number of rotatable bonds is 5. The monoisotopic (exact) mass is 230 g/mol. The van der Waals surface area contributed by atoms with Gasteiger partial charge in [0, 0.05) is 6.42 Å². The van der Waals surface area contributed by atoms with Crippen LogP contribution >= 0.6 is 0 Å². The van der Waals surface area contributed by atoms with Crippen LogP contribution in [0, 0.1) is 13.8 Å². The van der Waals surface area contributed by atoms with Crippen LogP contribution in [0.4, 0.5) is 0 Å². The van der Waals surface area contributed by atoms with Crippen LogP contribution < -0.4 is 0 Å². The Balaban J connectivity index is 2.09. The molecule has 1 aromatic carbocycles. The minimum Gasteiger partial charge on any atom is -0.342 e. The van der Waals surface area contributed by atoms with Gasteiger partial charge in [-0.25, -0.2) is 4.98 Å². The molecule has 1 aromatic heterocycles. The Bertz CT molecular complexity index is 458. The molecular formula is C15H22N2. The fraction of sp³-hybridized carbons (Fsp3) is 0.533. The number of hydrogen-bond acceptors (Lipinski definition) is 1. The van der Waals surface area contributed by atoms with Crippen molar-refractivity contribution >= 4 is 11.0 Å². The largest absolute Gasteiger partial charge is 0.342 e. The van der Waals surface area contributed by atoms with E-state index in [1.807, 2.05) is 0 Å². The first-order valence-corrected chi connectivity index (χ1v) is 6.66. The van der Waals surface area contributed by atoms with Crippen LogP contribution in [-0.2, 0) is 6.42 Å². The molecule has 0 unspecified atom stereocenters. The van der Waals surface area contributed by atoms with Gasteiger partial charge in [0.2, 0.25) is 0 Å². The summed E-state index contributed by atoms with van der Waals surface area (Å²) in [6, 6.07) is 4.38. The van der Waals surface area contributed by atoms with Crippen LogP contribution in [0.2, 0.25) is 0 Å². The highest BCUT2D eigenvalue weighted by atomic mass is 14.9. The minimum absolute atomic E-state index is 1.08. The first-order valence-electron chi connectivity index (χ1n) is 6.66. The van der Waals surface area contributed by atoms with Gasteiger partial charge in [0.25, 0.3) is 0 Å². The molecule has 1 N–H and O–H groups in total. The van der Waals surface area contributed by atoms with Gasteiger partial charge < -0.3 is 4.98 Å². The number of hydrogen-bond donors (Lipinski definition) is 1. The Morgan fingerprint density at radius 3 is 2.59 bits per heavy atom. The third-order valence-corrected chi connectivity index (χ3v) is 3.41. The van der Waals surface area contributed by atoms with E-state index in [4.69, 9.17) is 0 Å². The minimum atomic E-state index is 1.08. The Morgan fingerprint density at radius 2 is 1.82 bits per heavy atom. The second-order valence-electron chi connectivity index (χ2n) is 4.95. The molecule has 2 rings (SSSR count). The molecule has 0 radical (unpaired) electrons. The molecule has 0 saturated heterocycles. The van der Waals surface area contributed by atoms with E-state index in [0.29, 0.717) is 0 Å². The van der Waals surface area contributed by atoms with Crippen molar-refractivity contribution in [3.05, 3.63) is 29.1 Å². The van der Waals surface area contributed by atoms with Crippen molar-refractivity contribution in [2.75, 3.05) is 0 Å². The van der Waals surface area contributed by atoms with E-state index >= 15 is 0 Å². The van der Waals surface area contributed by atoms with Crippen LogP contribution in [0.3, 0.4) is 0 Å². The van der Waals surface area contributed by atoms with E-state index in [9.17, 15) is 0 Å². The molecule has 2 heteroatoms. The van der Waals surface area contributed by atoms with Crippen molar-refractivity contribution in [3.63, 3.8) is 0 Å². The zero-order valence-electron chi connectivity index (χ0n) is 11.1. The molecule has 0 amide bonds. The SMILES string of the molecule is CCCCCCc1nc2cc(C)c(C)cc2[nH]1. The van der Waals surface area contributed by atoms with Crippen molar-refractivity contribution in [2.24, 2.45) is 0 Å². The van der Waals surface area contributed by atoms with E-state index in [2.05, 4.69) is 42.9 Å². The summed E-state index contributed by atoms with van der Waals surface area (Å²) in [6.07, 6.45) is 6.25. The first-order chi connectivity index (χ1) is 8.20. The number of fused-ring (bicyclic) bond motifs is 1. The van der Waals surface area contributed by atoms with Gasteiger partial charge in [0.1, 0.15) is 5.82 Å². The Hall–Kier alpha value is -1.31. The van der Waals surface area contributed by atoms with E-state index in [1.54, 1.807) is 0 Å². The summed E-state index contributed by atoms with van der Waals surface area (Å²) >= 11 is 0. The molecule has 0 saturated carbocycles. The summed E-state index contributed by atoms with van der Waals surface area (Å²) in [6.45, 7) is 6.54. The third-order valence-electron chi connectivity index (χ3n) is 3.41. The maximum Gasteiger partial charge on any atom is 0.107 e. The molecule has 92 valence electrons. The molecule has 0 atom stereocenters. The van der Waals surface area contributed by atoms with E-state index in [-0.39, 0.29) is 0 Å². The number of aromatic nitrogens is 2. The van der Waals surface area contributed by atoms with Crippen molar-refractivity contribution in [1.82, 2.24) is 9.97 Å². The highest BCUT2D eigenvalue weighted by molar-refractivity contribution is 5.77. The van der Waals surface area contributed by atoms with Gasteiger partial charge in [-0.3, -0.25) is 0 Å². The molecule has 1 heterocycles. The standard InChI is InChI=1S/C15H22N2/c1-4-5-6-7-8-15-16-13-9-11(2)12(3)10-14(13)17-15/h9-10H,4-8H2,1-3H3,(H,16,17). The number of nitrogens with one attached hydrogen (secondary N) is 1. The van der Waals surface area contributed by atoms with Gasteiger partial charge in [-0.05, 0) is 43.5 Å². The highest BCUT2D eigenvalue weighted by Gasteiger charge is 2.04. The number of imidazole rings is 1. The number of H-pyrrole nitrogens is 1. The summed E-state index contributed by atoms with van der Waals surface area (Å²) in [7, 11) is 0. The predicted octanol–water partition coefficient (Wildman–Crippen LogP) is 4.30. The van der Waals surface area contributed by atoms with Crippen LogP contribution in [0.15, 0.2) is 12.1 Å². The fourth-order valence-electron chi connectivity index (χ4n) is 2.16. The van der Waals surface area contributed by atoms with Crippen LogP contribution in [0.5, 0.6) is 0 Å². The normalized spacial score (nSPS) is 11.2. The molecule has 2 aromatic rings. The molecule has 0 aliphatic rings. The van der Waals surface area contributed by atoms with Crippen LogP contribution in [0.25, 0.3) is 11.0 Å². The van der Waals surface area contributed by atoms with Crippen molar-refractivity contribution < 1.29 is 0 Å². The summed E-state index contributed by atoms with van der Waals surface area (Å²) in [5.74, 6) is 1.14. The lowest BCUT2D eigenvalue weighted by Gasteiger charge is -1.97. The van der Waals surface area contributed by atoms with Gasteiger partial charge in [-0.15, -0.1) is 0 Å². The van der Waals surface area contributed by atoms with Crippen molar-refractivity contribution in [1.29, 1.82) is 0 Å². The molecule has 0 bridgehead atoms. The van der Waals surface area contributed by atoms with Crippen LogP contribution in [-0.4, -0.2) is 9.97 Å². The van der Waals surface area contributed by atoms with Gasteiger partial charge >= 0.3 is 0 Å². The predicted molar refractivity (Wildman–Crippen MR) is 73.4 cm³/mol. The Kier molecular flexibility index (Phi) is 3.82. The highest BCUT2D eigenvalue weighted by Crippen LogP contribution is 2.18. The summed E-state index contributed by atoms with van der Waals surface area (Å²) in [4.78, 5) is 8.09. The lowest BCUT2D eigenvalue weighted by molar-refractivity contribution is 0.656.